The van der Waals surface area contributed by atoms with Crippen LogP contribution >= 0.6 is 0 Å². The van der Waals surface area contributed by atoms with Gasteiger partial charge in [0.05, 0.1) is 0 Å². The molecule has 2 aromatic rings. The van der Waals surface area contributed by atoms with E-state index in [9.17, 15) is 18.0 Å². The van der Waals surface area contributed by atoms with E-state index in [0.29, 0.717) is 17.2 Å². The minimum Gasteiger partial charge on any atom is -0.482 e. The monoisotopic (exact) mass is 353 g/mol. The molecule has 1 aliphatic rings. The average Bonchev–Trinajstić information content (AvgIpc) is 2.54. The summed E-state index contributed by atoms with van der Waals surface area (Å²) in [4.78, 5) is 12.4. The number of amides is 1. The van der Waals surface area contributed by atoms with Crippen LogP contribution in [0.4, 0.5) is 18.9 Å². The standard InChI is InChI=1S/C17H14F3NO4/c1-10-15(24-14-5-3-2-4-13(14)23-10)16(22)21-11-6-8-12(9-7-11)25-17(18,19)20/h2-10,15H,1H3,(H,21,22)/t10-,15+/m1/s1. The molecule has 0 fully saturated rings. The highest BCUT2D eigenvalue weighted by atomic mass is 19.4. The fourth-order valence-electron chi connectivity index (χ4n) is 2.36. The highest BCUT2D eigenvalue weighted by Gasteiger charge is 2.34. The average molecular weight is 353 g/mol. The highest BCUT2D eigenvalue weighted by molar-refractivity contribution is 5.95. The molecule has 132 valence electrons. The van der Waals surface area contributed by atoms with Crippen molar-refractivity contribution in [2.75, 3.05) is 5.32 Å². The van der Waals surface area contributed by atoms with Gasteiger partial charge in [-0.05, 0) is 43.3 Å². The Balaban J connectivity index is 1.66. The first-order chi connectivity index (χ1) is 11.8. The third kappa shape index (κ3) is 4.14. The maximum atomic E-state index is 12.4. The number of carbonyl (C=O) groups is 1. The molecule has 2 aromatic carbocycles. The van der Waals surface area contributed by atoms with Gasteiger partial charge in [0.15, 0.2) is 11.5 Å². The van der Waals surface area contributed by atoms with Gasteiger partial charge in [-0.1, -0.05) is 12.1 Å². The van der Waals surface area contributed by atoms with E-state index in [-0.39, 0.29) is 5.75 Å². The summed E-state index contributed by atoms with van der Waals surface area (Å²) in [5.41, 5.74) is 0.314. The molecule has 0 saturated carbocycles. The van der Waals surface area contributed by atoms with Gasteiger partial charge in [-0.15, -0.1) is 13.2 Å². The number of nitrogens with one attached hydrogen (secondary N) is 1. The Labute approximate surface area is 141 Å². The third-order valence-corrected chi connectivity index (χ3v) is 3.46. The van der Waals surface area contributed by atoms with E-state index in [1.54, 1.807) is 31.2 Å². The fraction of sp³-hybridized carbons (Fsp3) is 0.235. The van der Waals surface area contributed by atoms with Crippen molar-refractivity contribution in [2.24, 2.45) is 0 Å². The van der Waals surface area contributed by atoms with Gasteiger partial charge < -0.3 is 19.5 Å². The number of fused-ring (bicyclic) bond motifs is 1. The van der Waals surface area contributed by atoms with Crippen molar-refractivity contribution in [3.8, 4) is 17.2 Å². The molecule has 1 heterocycles. The van der Waals surface area contributed by atoms with Crippen molar-refractivity contribution in [1.29, 1.82) is 0 Å². The van der Waals surface area contributed by atoms with Crippen LogP contribution in [0.1, 0.15) is 6.92 Å². The number of anilines is 1. The molecular weight excluding hydrogens is 339 g/mol. The predicted molar refractivity (Wildman–Crippen MR) is 82.7 cm³/mol. The summed E-state index contributed by atoms with van der Waals surface area (Å²) in [6.07, 6.45) is -6.18. The molecule has 5 nitrogen and oxygen atoms in total. The molecule has 0 aromatic heterocycles. The van der Waals surface area contributed by atoms with Crippen LogP contribution in [0.25, 0.3) is 0 Å². The maximum Gasteiger partial charge on any atom is 0.573 e. The lowest BCUT2D eigenvalue weighted by atomic mass is 10.1. The van der Waals surface area contributed by atoms with Gasteiger partial charge in [-0.25, -0.2) is 0 Å². The van der Waals surface area contributed by atoms with E-state index in [0.717, 1.165) is 12.1 Å². The Morgan fingerprint density at radius 1 is 1.04 bits per heavy atom. The van der Waals surface area contributed by atoms with Crippen LogP contribution in [-0.4, -0.2) is 24.5 Å². The fourth-order valence-corrected chi connectivity index (χ4v) is 2.36. The molecule has 0 spiro atoms. The molecule has 0 aliphatic carbocycles. The van der Waals surface area contributed by atoms with Crippen LogP contribution in [0.3, 0.4) is 0 Å². The van der Waals surface area contributed by atoms with Crippen molar-refractivity contribution in [3.63, 3.8) is 0 Å². The van der Waals surface area contributed by atoms with Crippen molar-refractivity contribution in [3.05, 3.63) is 48.5 Å². The van der Waals surface area contributed by atoms with Gasteiger partial charge in [0.2, 0.25) is 6.10 Å². The minimum atomic E-state index is -4.76. The summed E-state index contributed by atoms with van der Waals surface area (Å²) in [7, 11) is 0. The van der Waals surface area contributed by atoms with Gasteiger partial charge in [-0.3, -0.25) is 4.79 Å². The lowest BCUT2D eigenvalue weighted by Crippen LogP contribution is -2.46. The molecule has 0 saturated heterocycles. The molecule has 0 unspecified atom stereocenters. The summed E-state index contributed by atoms with van der Waals surface area (Å²) in [5.74, 6) is 0.166. The van der Waals surface area contributed by atoms with Gasteiger partial charge in [0.1, 0.15) is 11.9 Å². The van der Waals surface area contributed by atoms with Crippen molar-refractivity contribution in [2.45, 2.75) is 25.5 Å². The SMILES string of the molecule is C[C@H]1Oc2ccccc2O[C@@H]1C(=O)Nc1ccc(OC(F)(F)F)cc1. The van der Waals surface area contributed by atoms with E-state index in [4.69, 9.17) is 9.47 Å². The Kier molecular flexibility index (Phi) is 4.43. The number of benzene rings is 2. The van der Waals surface area contributed by atoms with Crippen LogP contribution in [0.15, 0.2) is 48.5 Å². The second kappa shape index (κ2) is 6.54. The van der Waals surface area contributed by atoms with Crippen LogP contribution in [-0.2, 0) is 4.79 Å². The van der Waals surface area contributed by atoms with Crippen LogP contribution in [0, 0.1) is 0 Å². The largest absolute Gasteiger partial charge is 0.573 e. The van der Waals surface area contributed by atoms with E-state index in [2.05, 4.69) is 10.1 Å². The number of ether oxygens (including phenoxy) is 3. The first-order valence-electron chi connectivity index (χ1n) is 7.41. The number of hydrogen-bond acceptors (Lipinski definition) is 4. The van der Waals surface area contributed by atoms with Crippen LogP contribution in [0.5, 0.6) is 17.2 Å². The van der Waals surface area contributed by atoms with Gasteiger partial charge in [-0.2, -0.15) is 0 Å². The number of halogens is 3. The molecular formula is C17H14F3NO4. The first kappa shape index (κ1) is 16.9. The second-order valence-corrected chi connectivity index (χ2v) is 5.37. The smallest absolute Gasteiger partial charge is 0.482 e. The lowest BCUT2D eigenvalue weighted by molar-refractivity contribution is -0.274. The Morgan fingerprint density at radius 2 is 1.64 bits per heavy atom. The minimum absolute atomic E-state index is 0.314. The van der Waals surface area contributed by atoms with E-state index in [1.807, 2.05) is 0 Å². The number of alkyl halides is 3. The molecule has 1 N–H and O–H groups in total. The molecule has 25 heavy (non-hydrogen) atoms. The molecule has 8 heteroatoms. The Bertz CT molecular complexity index is 761. The van der Waals surface area contributed by atoms with E-state index >= 15 is 0 Å². The van der Waals surface area contributed by atoms with Crippen molar-refractivity contribution >= 4 is 11.6 Å². The molecule has 1 aliphatic heterocycles. The molecule has 1 amide bonds. The number of para-hydroxylation sites is 2. The zero-order valence-electron chi connectivity index (χ0n) is 13.0. The van der Waals surface area contributed by atoms with E-state index in [1.165, 1.54) is 12.1 Å². The van der Waals surface area contributed by atoms with Crippen molar-refractivity contribution < 1.29 is 32.2 Å². The molecule has 2 atom stereocenters. The topological polar surface area (TPSA) is 56.8 Å². The quantitative estimate of drug-likeness (QED) is 0.913. The Morgan fingerprint density at radius 3 is 2.24 bits per heavy atom. The highest BCUT2D eigenvalue weighted by Crippen LogP contribution is 2.33. The summed E-state index contributed by atoms with van der Waals surface area (Å²) >= 11 is 0. The summed E-state index contributed by atoms with van der Waals surface area (Å²) in [5, 5.41) is 2.58. The number of carbonyl (C=O) groups excluding carboxylic acids is 1. The first-order valence-corrected chi connectivity index (χ1v) is 7.41. The third-order valence-electron chi connectivity index (χ3n) is 3.46. The van der Waals surface area contributed by atoms with Crippen LogP contribution in [0.2, 0.25) is 0 Å². The zero-order valence-corrected chi connectivity index (χ0v) is 13.0. The second-order valence-electron chi connectivity index (χ2n) is 5.37. The molecule has 3 rings (SSSR count). The summed E-state index contributed by atoms with van der Waals surface area (Å²) in [6, 6.07) is 11.8. The summed E-state index contributed by atoms with van der Waals surface area (Å²) in [6.45, 7) is 1.69. The summed E-state index contributed by atoms with van der Waals surface area (Å²) < 4.78 is 51.5. The maximum absolute atomic E-state index is 12.4. The van der Waals surface area contributed by atoms with E-state index < -0.39 is 24.5 Å². The van der Waals surface area contributed by atoms with Gasteiger partial charge >= 0.3 is 6.36 Å². The normalized spacial score (nSPS) is 19.2. The lowest BCUT2D eigenvalue weighted by Gasteiger charge is -2.31. The molecule has 0 bridgehead atoms. The number of hydrogen-bond donors (Lipinski definition) is 1. The van der Waals surface area contributed by atoms with Gasteiger partial charge in [0.25, 0.3) is 5.91 Å². The zero-order chi connectivity index (χ0) is 18.0. The van der Waals surface area contributed by atoms with Crippen LogP contribution < -0.4 is 19.5 Å². The molecule has 0 radical (unpaired) electrons. The predicted octanol–water partition coefficient (Wildman–Crippen LogP) is 3.75. The van der Waals surface area contributed by atoms with Crippen molar-refractivity contribution in [1.82, 2.24) is 0 Å². The number of rotatable bonds is 3. The van der Waals surface area contributed by atoms with Gasteiger partial charge in [0, 0.05) is 5.69 Å². The Hall–Kier alpha value is -2.90.